The Labute approximate surface area is 76.0 Å². The van der Waals surface area contributed by atoms with Gasteiger partial charge in [0.15, 0.2) is 0 Å². The van der Waals surface area contributed by atoms with Crippen molar-refractivity contribution in [2.75, 3.05) is 0 Å². The van der Waals surface area contributed by atoms with Gasteiger partial charge in [-0.3, -0.25) is 4.79 Å². The van der Waals surface area contributed by atoms with Crippen molar-refractivity contribution in [2.45, 2.75) is 26.3 Å². The van der Waals surface area contributed by atoms with E-state index in [0.29, 0.717) is 0 Å². The first-order valence-electron chi connectivity index (χ1n) is 3.73. The van der Waals surface area contributed by atoms with Gasteiger partial charge in [-0.2, -0.15) is 0 Å². The third-order valence-electron chi connectivity index (χ3n) is 1.54. The van der Waals surface area contributed by atoms with E-state index < -0.39 is 18.2 Å². The monoisotopic (exact) mass is 193 g/mol. The fourth-order valence-electron chi connectivity index (χ4n) is 0.497. The van der Waals surface area contributed by atoms with Crippen LogP contribution in [0, 0.1) is 5.92 Å². The minimum atomic E-state index is -1.83. The molecular weight excluding hydrogens is 178 g/mol. The summed E-state index contributed by atoms with van der Waals surface area (Å²) in [4.78, 5) is 18.7. The molecule has 0 bridgehead atoms. The SMILES string of the molecule is CCC(C)C(N)C(=O)O.O=C(O)O. The van der Waals surface area contributed by atoms with Crippen LogP contribution in [0.4, 0.5) is 4.79 Å². The Morgan fingerprint density at radius 1 is 1.31 bits per heavy atom. The quantitative estimate of drug-likeness (QED) is 0.522. The van der Waals surface area contributed by atoms with E-state index in [0.717, 1.165) is 6.42 Å². The van der Waals surface area contributed by atoms with Crippen LogP contribution >= 0.6 is 0 Å². The summed E-state index contributed by atoms with van der Waals surface area (Å²) in [7, 11) is 0. The molecule has 2 unspecified atom stereocenters. The molecule has 0 aliphatic rings. The summed E-state index contributed by atoms with van der Waals surface area (Å²) < 4.78 is 0. The highest BCUT2D eigenvalue weighted by Crippen LogP contribution is 2.04. The lowest BCUT2D eigenvalue weighted by molar-refractivity contribution is -0.139. The fraction of sp³-hybridized carbons (Fsp3) is 0.714. The molecule has 0 saturated carbocycles. The summed E-state index contributed by atoms with van der Waals surface area (Å²) in [5, 5.41) is 22.3. The lowest BCUT2D eigenvalue weighted by Gasteiger charge is -2.11. The third kappa shape index (κ3) is 10.7. The molecule has 5 N–H and O–H groups in total. The predicted octanol–water partition coefficient (Wildman–Crippen LogP) is 0.667. The predicted molar refractivity (Wildman–Crippen MR) is 45.7 cm³/mol. The van der Waals surface area contributed by atoms with Crippen LogP contribution in [0.3, 0.4) is 0 Å². The number of hydrogen-bond acceptors (Lipinski definition) is 3. The van der Waals surface area contributed by atoms with Gasteiger partial charge in [-0.25, -0.2) is 4.79 Å². The topological polar surface area (TPSA) is 121 Å². The molecule has 0 aliphatic heterocycles. The van der Waals surface area contributed by atoms with Gasteiger partial charge < -0.3 is 21.1 Å². The van der Waals surface area contributed by atoms with E-state index in [1.807, 2.05) is 13.8 Å². The van der Waals surface area contributed by atoms with Gasteiger partial charge in [-0.1, -0.05) is 20.3 Å². The van der Waals surface area contributed by atoms with Gasteiger partial charge in [0.2, 0.25) is 0 Å². The number of aliphatic carboxylic acids is 1. The molecule has 0 aromatic heterocycles. The molecule has 13 heavy (non-hydrogen) atoms. The highest BCUT2D eigenvalue weighted by atomic mass is 16.6. The summed E-state index contributed by atoms with van der Waals surface area (Å²) in [6.07, 6.45) is -1.02. The van der Waals surface area contributed by atoms with Gasteiger partial charge in [0.05, 0.1) is 0 Å². The van der Waals surface area contributed by atoms with Crippen LogP contribution in [0.15, 0.2) is 0 Å². The first kappa shape index (κ1) is 14.2. The molecule has 78 valence electrons. The van der Waals surface area contributed by atoms with Crippen LogP contribution < -0.4 is 5.73 Å². The fourth-order valence-corrected chi connectivity index (χ4v) is 0.497. The molecule has 0 radical (unpaired) electrons. The number of nitrogens with two attached hydrogens (primary N) is 1. The average molecular weight is 193 g/mol. The minimum Gasteiger partial charge on any atom is -0.480 e. The number of carboxylic acid groups (broad SMARTS) is 3. The lowest BCUT2D eigenvalue weighted by atomic mass is 10.0. The van der Waals surface area contributed by atoms with Crippen LogP contribution in [0.1, 0.15) is 20.3 Å². The smallest absolute Gasteiger partial charge is 0.480 e. The maximum absolute atomic E-state index is 10.2. The zero-order valence-electron chi connectivity index (χ0n) is 7.60. The summed E-state index contributed by atoms with van der Waals surface area (Å²) in [6, 6.07) is -0.699. The van der Waals surface area contributed by atoms with E-state index >= 15 is 0 Å². The second kappa shape index (κ2) is 7.35. The summed E-state index contributed by atoms with van der Waals surface area (Å²) in [6.45, 7) is 3.76. The molecule has 0 aromatic carbocycles. The maximum atomic E-state index is 10.2. The van der Waals surface area contributed by atoms with Gasteiger partial charge in [0.1, 0.15) is 6.04 Å². The molecule has 0 amide bonds. The van der Waals surface area contributed by atoms with Crippen molar-refractivity contribution >= 4 is 12.1 Å². The van der Waals surface area contributed by atoms with E-state index in [4.69, 9.17) is 25.8 Å². The minimum absolute atomic E-state index is 0.0718. The van der Waals surface area contributed by atoms with Crippen LogP contribution in [-0.4, -0.2) is 33.5 Å². The largest absolute Gasteiger partial charge is 0.503 e. The standard InChI is InChI=1S/C6H13NO2.CH2O3/c1-3-4(2)5(7)6(8)9;2-1(3)4/h4-5H,3,7H2,1-2H3,(H,8,9);(H2,2,3,4). The highest BCUT2D eigenvalue weighted by molar-refractivity contribution is 5.73. The number of carboxylic acids is 1. The molecule has 0 fully saturated rings. The Morgan fingerprint density at radius 2 is 1.62 bits per heavy atom. The molecule has 0 rings (SSSR count). The molecular formula is C7H15NO5. The van der Waals surface area contributed by atoms with Gasteiger partial charge in [-0.05, 0) is 5.92 Å². The van der Waals surface area contributed by atoms with Gasteiger partial charge in [-0.15, -0.1) is 0 Å². The number of rotatable bonds is 3. The zero-order valence-corrected chi connectivity index (χ0v) is 7.60. The van der Waals surface area contributed by atoms with Crippen molar-refractivity contribution in [2.24, 2.45) is 11.7 Å². The summed E-state index contributed by atoms with van der Waals surface area (Å²) in [5.74, 6) is -0.841. The van der Waals surface area contributed by atoms with Crippen molar-refractivity contribution in [1.82, 2.24) is 0 Å². The summed E-state index contributed by atoms with van der Waals surface area (Å²) in [5.41, 5.74) is 5.27. The third-order valence-corrected chi connectivity index (χ3v) is 1.54. The Balaban J connectivity index is 0. The summed E-state index contributed by atoms with van der Waals surface area (Å²) >= 11 is 0. The van der Waals surface area contributed by atoms with Crippen molar-refractivity contribution in [3.8, 4) is 0 Å². The molecule has 0 heterocycles. The lowest BCUT2D eigenvalue weighted by Crippen LogP contribution is -2.36. The number of carbonyl (C=O) groups is 2. The Kier molecular flexibility index (Phi) is 8.05. The van der Waals surface area contributed by atoms with Gasteiger partial charge >= 0.3 is 12.1 Å². The molecule has 6 nitrogen and oxygen atoms in total. The normalized spacial score (nSPS) is 13.5. The van der Waals surface area contributed by atoms with Crippen molar-refractivity contribution < 1.29 is 24.9 Å². The first-order chi connectivity index (χ1) is 5.82. The molecule has 0 aliphatic carbocycles. The number of hydrogen-bond donors (Lipinski definition) is 4. The van der Waals surface area contributed by atoms with Gasteiger partial charge in [0, 0.05) is 0 Å². The van der Waals surface area contributed by atoms with Crippen LogP contribution in [0.25, 0.3) is 0 Å². The second-order valence-electron chi connectivity index (χ2n) is 2.53. The van der Waals surface area contributed by atoms with E-state index in [1.165, 1.54) is 0 Å². The van der Waals surface area contributed by atoms with Crippen molar-refractivity contribution in [3.05, 3.63) is 0 Å². The van der Waals surface area contributed by atoms with Crippen molar-refractivity contribution in [1.29, 1.82) is 0 Å². The highest BCUT2D eigenvalue weighted by Gasteiger charge is 2.17. The molecule has 6 heteroatoms. The van der Waals surface area contributed by atoms with Crippen LogP contribution in [-0.2, 0) is 4.79 Å². The Morgan fingerprint density at radius 3 is 1.69 bits per heavy atom. The Hall–Kier alpha value is -1.30. The van der Waals surface area contributed by atoms with Crippen LogP contribution in [0.5, 0.6) is 0 Å². The first-order valence-corrected chi connectivity index (χ1v) is 3.73. The molecule has 0 spiro atoms. The maximum Gasteiger partial charge on any atom is 0.503 e. The van der Waals surface area contributed by atoms with E-state index in [-0.39, 0.29) is 5.92 Å². The van der Waals surface area contributed by atoms with E-state index in [2.05, 4.69) is 0 Å². The second-order valence-corrected chi connectivity index (χ2v) is 2.53. The molecule has 0 aromatic rings. The molecule has 0 saturated heterocycles. The zero-order chi connectivity index (χ0) is 11.0. The van der Waals surface area contributed by atoms with E-state index in [9.17, 15) is 4.79 Å². The van der Waals surface area contributed by atoms with E-state index in [1.54, 1.807) is 0 Å². The average Bonchev–Trinajstić information content (AvgIpc) is 2.00. The van der Waals surface area contributed by atoms with Gasteiger partial charge in [0.25, 0.3) is 0 Å². The van der Waals surface area contributed by atoms with Crippen molar-refractivity contribution in [3.63, 3.8) is 0 Å². The Bertz CT molecular complexity index is 166. The van der Waals surface area contributed by atoms with Crippen LogP contribution in [0.2, 0.25) is 0 Å². The molecule has 2 atom stereocenters.